The normalized spacial score (nSPS) is 19.1. The maximum Gasteiger partial charge on any atom is 0.417 e. The lowest BCUT2D eigenvalue weighted by atomic mass is 10.1. The summed E-state index contributed by atoms with van der Waals surface area (Å²) >= 11 is 2.96. The van der Waals surface area contributed by atoms with Gasteiger partial charge >= 0.3 is 6.18 Å². The maximum absolute atomic E-state index is 13.0. The lowest BCUT2D eigenvalue weighted by molar-refractivity contribution is -0.138. The number of aromatic nitrogens is 2. The number of halogens is 4. The predicted molar refractivity (Wildman–Crippen MR) is 76.2 cm³/mol. The number of hydrogen-bond donors (Lipinski definition) is 1. The van der Waals surface area contributed by atoms with Crippen LogP contribution in [0.4, 0.5) is 13.2 Å². The van der Waals surface area contributed by atoms with Crippen LogP contribution in [0.15, 0.2) is 35.2 Å². The van der Waals surface area contributed by atoms with Crippen molar-refractivity contribution >= 4 is 15.9 Å². The first-order valence-corrected chi connectivity index (χ1v) is 7.39. The molecule has 0 radical (unpaired) electrons. The highest BCUT2D eigenvalue weighted by molar-refractivity contribution is 9.10. The Morgan fingerprint density at radius 3 is 2.81 bits per heavy atom. The summed E-state index contributed by atoms with van der Waals surface area (Å²) in [5.41, 5.74) is 0.675. The molecule has 0 saturated carbocycles. The van der Waals surface area contributed by atoms with Gasteiger partial charge in [-0.05, 0) is 37.6 Å². The van der Waals surface area contributed by atoms with E-state index in [2.05, 4.69) is 26.2 Å². The van der Waals surface area contributed by atoms with Gasteiger partial charge in [-0.25, -0.2) is 4.98 Å². The molecule has 21 heavy (non-hydrogen) atoms. The average molecular weight is 360 g/mol. The van der Waals surface area contributed by atoms with E-state index in [1.807, 2.05) is 0 Å². The Bertz CT molecular complexity index is 645. The Labute approximate surface area is 128 Å². The fraction of sp³-hybridized carbons (Fsp3) is 0.357. The molecule has 1 fully saturated rings. The van der Waals surface area contributed by atoms with E-state index in [0.717, 1.165) is 31.1 Å². The maximum atomic E-state index is 13.0. The van der Waals surface area contributed by atoms with Crippen molar-refractivity contribution in [2.45, 2.75) is 25.1 Å². The van der Waals surface area contributed by atoms with E-state index in [1.54, 1.807) is 23.2 Å². The summed E-state index contributed by atoms with van der Waals surface area (Å²) < 4.78 is 40.8. The van der Waals surface area contributed by atoms with Gasteiger partial charge in [0, 0.05) is 16.2 Å². The van der Waals surface area contributed by atoms with Crippen LogP contribution in [0.25, 0.3) is 5.69 Å². The second-order valence-corrected chi connectivity index (χ2v) is 5.85. The molecule has 0 amide bonds. The van der Waals surface area contributed by atoms with Crippen molar-refractivity contribution in [3.63, 3.8) is 0 Å². The van der Waals surface area contributed by atoms with Crippen molar-refractivity contribution in [2.75, 3.05) is 6.54 Å². The van der Waals surface area contributed by atoms with Gasteiger partial charge < -0.3 is 9.88 Å². The molecule has 1 saturated heterocycles. The molecular formula is C14H13BrF3N3. The zero-order valence-corrected chi connectivity index (χ0v) is 12.6. The summed E-state index contributed by atoms with van der Waals surface area (Å²) in [6.07, 6.45) is 0.899. The van der Waals surface area contributed by atoms with Crippen LogP contribution in [0.3, 0.4) is 0 Å². The molecule has 1 atom stereocenters. The summed E-state index contributed by atoms with van der Waals surface area (Å²) in [5.74, 6) is 0. The topological polar surface area (TPSA) is 29.9 Å². The molecular weight excluding hydrogens is 347 g/mol. The Morgan fingerprint density at radius 2 is 2.14 bits per heavy atom. The van der Waals surface area contributed by atoms with Crippen molar-refractivity contribution in [1.82, 2.24) is 14.9 Å². The molecule has 7 heteroatoms. The zero-order chi connectivity index (χ0) is 15.0. The summed E-state index contributed by atoms with van der Waals surface area (Å²) in [4.78, 5) is 4.09. The SMILES string of the molecule is FC(F)(F)c1cc(-n2cncc2[C@@H]2CCCN2)ccc1Br. The fourth-order valence-electron chi connectivity index (χ4n) is 2.60. The Morgan fingerprint density at radius 1 is 1.33 bits per heavy atom. The number of nitrogens with zero attached hydrogens (tertiary/aromatic N) is 2. The van der Waals surface area contributed by atoms with E-state index in [1.165, 1.54) is 6.07 Å². The Hall–Kier alpha value is -1.34. The number of benzene rings is 1. The number of hydrogen-bond acceptors (Lipinski definition) is 2. The second-order valence-electron chi connectivity index (χ2n) is 5.00. The van der Waals surface area contributed by atoms with Crippen molar-refractivity contribution in [3.05, 3.63) is 46.5 Å². The van der Waals surface area contributed by atoms with E-state index in [4.69, 9.17) is 0 Å². The van der Waals surface area contributed by atoms with Crippen molar-refractivity contribution < 1.29 is 13.2 Å². The molecule has 1 N–H and O–H groups in total. The van der Waals surface area contributed by atoms with Crippen molar-refractivity contribution in [1.29, 1.82) is 0 Å². The van der Waals surface area contributed by atoms with Crippen LogP contribution in [-0.2, 0) is 6.18 Å². The zero-order valence-electron chi connectivity index (χ0n) is 11.0. The van der Waals surface area contributed by atoms with Crippen LogP contribution in [0.2, 0.25) is 0 Å². The molecule has 0 aliphatic carbocycles. The first kappa shape index (κ1) is 14.6. The fourth-order valence-corrected chi connectivity index (χ4v) is 3.07. The quantitative estimate of drug-likeness (QED) is 0.875. The van der Waals surface area contributed by atoms with Gasteiger partial charge in [0.15, 0.2) is 0 Å². The monoisotopic (exact) mass is 359 g/mol. The third-order valence-electron chi connectivity index (χ3n) is 3.62. The van der Waals surface area contributed by atoms with Crippen LogP contribution in [0.1, 0.15) is 30.1 Å². The smallest absolute Gasteiger partial charge is 0.309 e. The molecule has 0 spiro atoms. The minimum Gasteiger partial charge on any atom is -0.309 e. The van der Waals surface area contributed by atoms with E-state index in [0.29, 0.717) is 5.69 Å². The van der Waals surface area contributed by atoms with Gasteiger partial charge in [-0.2, -0.15) is 13.2 Å². The standard InChI is InChI=1S/C14H13BrF3N3/c15-11-4-3-9(6-10(11)14(16,17)18)21-8-19-7-13(21)12-2-1-5-20-12/h3-4,6-8,12,20H,1-2,5H2/t12-/m0/s1. The minimum atomic E-state index is -4.39. The number of rotatable bonds is 2. The third kappa shape index (κ3) is 2.85. The summed E-state index contributed by atoms with van der Waals surface area (Å²) in [5, 5.41) is 3.33. The van der Waals surface area contributed by atoms with Gasteiger partial charge in [-0.3, -0.25) is 0 Å². The van der Waals surface area contributed by atoms with E-state index < -0.39 is 11.7 Å². The highest BCUT2D eigenvalue weighted by Gasteiger charge is 2.33. The van der Waals surface area contributed by atoms with Crippen LogP contribution in [0.5, 0.6) is 0 Å². The molecule has 1 aromatic heterocycles. The summed E-state index contributed by atoms with van der Waals surface area (Å²) in [6.45, 7) is 0.921. The minimum absolute atomic E-state index is 0.0411. The van der Waals surface area contributed by atoms with E-state index in [9.17, 15) is 13.2 Å². The van der Waals surface area contributed by atoms with Gasteiger partial charge in [-0.15, -0.1) is 0 Å². The molecule has 3 nitrogen and oxygen atoms in total. The van der Waals surface area contributed by atoms with Gasteiger partial charge in [0.05, 0.1) is 23.8 Å². The predicted octanol–water partition coefficient (Wildman–Crippen LogP) is 4.08. The lowest BCUT2D eigenvalue weighted by Gasteiger charge is -2.16. The third-order valence-corrected chi connectivity index (χ3v) is 4.31. The highest BCUT2D eigenvalue weighted by Crippen LogP contribution is 2.36. The second kappa shape index (κ2) is 5.46. The lowest BCUT2D eigenvalue weighted by Crippen LogP contribution is -2.16. The van der Waals surface area contributed by atoms with Crippen LogP contribution < -0.4 is 5.32 Å². The van der Waals surface area contributed by atoms with Gasteiger partial charge in [0.1, 0.15) is 0 Å². The van der Waals surface area contributed by atoms with Crippen molar-refractivity contribution in [2.24, 2.45) is 0 Å². The summed E-state index contributed by atoms with van der Waals surface area (Å²) in [7, 11) is 0. The molecule has 2 heterocycles. The average Bonchev–Trinajstić information content (AvgIpc) is 3.08. The molecule has 0 unspecified atom stereocenters. The van der Waals surface area contributed by atoms with E-state index in [-0.39, 0.29) is 10.5 Å². The molecule has 3 rings (SSSR count). The Balaban J connectivity index is 2.03. The molecule has 0 bridgehead atoms. The van der Waals surface area contributed by atoms with Gasteiger partial charge in [0.25, 0.3) is 0 Å². The number of nitrogens with one attached hydrogen (secondary N) is 1. The molecule has 2 aromatic rings. The largest absolute Gasteiger partial charge is 0.417 e. The number of alkyl halides is 3. The molecule has 1 aliphatic heterocycles. The first-order chi connectivity index (χ1) is 9.97. The molecule has 112 valence electrons. The highest BCUT2D eigenvalue weighted by atomic mass is 79.9. The summed E-state index contributed by atoms with van der Waals surface area (Å²) in [6, 6.07) is 4.36. The van der Waals surface area contributed by atoms with Gasteiger partial charge in [-0.1, -0.05) is 15.9 Å². The van der Waals surface area contributed by atoms with E-state index >= 15 is 0 Å². The number of imidazole rings is 1. The molecule has 1 aromatic carbocycles. The van der Waals surface area contributed by atoms with Crippen LogP contribution in [0, 0.1) is 0 Å². The van der Waals surface area contributed by atoms with Crippen LogP contribution in [-0.4, -0.2) is 16.1 Å². The van der Waals surface area contributed by atoms with Crippen molar-refractivity contribution in [3.8, 4) is 5.69 Å². The van der Waals surface area contributed by atoms with Gasteiger partial charge in [0.2, 0.25) is 0 Å². The molecule has 1 aliphatic rings. The van der Waals surface area contributed by atoms with Crippen LogP contribution >= 0.6 is 15.9 Å². The first-order valence-electron chi connectivity index (χ1n) is 6.59. The Kier molecular flexibility index (Phi) is 3.79.